The summed E-state index contributed by atoms with van der Waals surface area (Å²) in [4.78, 5) is 12.8. The Morgan fingerprint density at radius 1 is 1.57 bits per heavy atom. The summed E-state index contributed by atoms with van der Waals surface area (Å²) < 4.78 is 23.1. The Labute approximate surface area is 84.8 Å². The van der Waals surface area contributed by atoms with Gasteiger partial charge in [0.05, 0.1) is 0 Å². The van der Waals surface area contributed by atoms with Gasteiger partial charge in [-0.15, -0.1) is 0 Å². The summed E-state index contributed by atoms with van der Waals surface area (Å²) in [5, 5.41) is 9.11. The average Bonchev–Trinajstić information content (AvgIpc) is 2.44. The van der Waals surface area contributed by atoms with Crippen molar-refractivity contribution in [2.75, 3.05) is 6.54 Å². The zero-order valence-electron chi connectivity index (χ0n) is 7.64. The first-order valence-electron chi connectivity index (χ1n) is 3.81. The van der Waals surface area contributed by atoms with E-state index in [0.717, 1.165) is 0 Å². The van der Waals surface area contributed by atoms with Crippen molar-refractivity contribution in [3.8, 4) is 0 Å². The maximum absolute atomic E-state index is 11.5. The molecule has 0 aliphatic carbocycles. The summed E-state index contributed by atoms with van der Waals surface area (Å²) in [6.07, 6.45) is 0. The molecule has 0 aromatic carbocycles. The van der Waals surface area contributed by atoms with Crippen LogP contribution in [0, 0.1) is 6.92 Å². The lowest BCUT2D eigenvalue weighted by Crippen LogP contribution is -2.27. The Hall–Kier alpha value is -0.700. The van der Waals surface area contributed by atoms with E-state index in [0.29, 0.717) is 11.3 Å². The Balaban J connectivity index is 3.30. The molecule has 0 amide bonds. The number of sulfonamides is 1. The average molecular weight is 238 g/mol. The third-order valence-corrected chi connectivity index (χ3v) is 4.81. The van der Waals surface area contributed by atoms with Gasteiger partial charge in [0.2, 0.25) is 0 Å². The van der Waals surface area contributed by atoms with Crippen molar-refractivity contribution in [1.29, 1.82) is 0 Å². The highest BCUT2D eigenvalue weighted by Gasteiger charge is 2.26. The molecule has 14 heavy (non-hydrogen) atoms. The zero-order valence-corrected chi connectivity index (χ0v) is 9.28. The number of rotatable bonds is 3. The van der Waals surface area contributed by atoms with E-state index in [1.54, 1.807) is 0 Å². The number of hydrogen-bond donors (Lipinski definition) is 2. The van der Waals surface area contributed by atoms with Crippen LogP contribution in [0.2, 0.25) is 0 Å². The van der Waals surface area contributed by atoms with Crippen LogP contribution in [0.15, 0.2) is 9.00 Å². The normalized spacial score (nSPS) is 12.3. The second kappa shape index (κ2) is 3.81. The van der Waals surface area contributed by atoms with E-state index in [9.17, 15) is 13.2 Å². The van der Waals surface area contributed by atoms with Gasteiger partial charge in [-0.1, -0.05) is 15.8 Å². The lowest BCUT2D eigenvalue weighted by atomic mass is 10.6. The molecule has 0 saturated carbocycles. The number of aromatic amines is 1. The van der Waals surface area contributed by atoms with Crippen molar-refractivity contribution >= 4 is 21.4 Å². The van der Waals surface area contributed by atoms with Gasteiger partial charge in [0.25, 0.3) is 10.0 Å². The maximum atomic E-state index is 11.5. The zero-order chi connectivity index (χ0) is 10.9. The minimum absolute atomic E-state index is 0.0616. The molecule has 0 aliphatic heterocycles. The van der Waals surface area contributed by atoms with Crippen LogP contribution in [0.1, 0.15) is 12.6 Å². The van der Waals surface area contributed by atoms with E-state index in [1.807, 2.05) is 0 Å². The lowest BCUT2D eigenvalue weighted by molar-refractivity contribution is 0.00876. The summed E-state index contributed by atoms with van der Waals surface area (Å²) in [5.41, 5.74) is 0.243. The molecule has 0 atom stereocenters. The number of hydroxylamine groups is 1. The van der Waals surface area contributed by atoms with Crippen molar-refractivity contribution in [1.82, 2.24) is 9.45 Å². The maximum Gasteiger partial charge on any atom is 0.305 e. The molecule has 0 spiro atoms. The number of H-pyrrole nitrogens is 1. The highest BCUT2D eigenvalue weighted by atomic mass is 32.2. The molecule has 80 valence electrons. The van der Waals surface area contributed by atoms with E-state index in [1.165, 1.54) is 13.8 Å². The number of aryl methyl sites for hydroxylation is 1. The minimum Gasteiger partial charge on any atom is -0.315 e. The number of aromatic nitrogens is 1. The third-order valence-electron chi connectivity index (χ3n) is 1.56. The van der Waals surface area contributed by atoms with Gasteiger partial charge in [-0.25, -0.2) is 8.42 Å². The summed E-state index contributed by atoms with van der Waals surface area (Å²) in [6, 6.07) is 0. The molecule has 0 fully saturated rings. The Morgan fingerprint density at radius 3 is 2.50 bits per heavy atom. The predicted molar refractivity (Wildman–Crippen MR) is 51.0 cm³/mol. The van der Waals surface area contributed by atoms with Crippen LogP contribution in [0.5, 0.6) is 0 Å². The van der Waals surface area contributed by atoms with E-state index in [4.69, 9.17) is 5.21 Å². The van der Waals surface area contributed by atoms with Gasteiger partial charge >= 0.3 is 4.87 Å². The first-order chi connectivity index (χ1) is 6.39. The molecule has 6 nitrogen and oxygen atoms in total. The molecule has 2 N–H and O–H groups in total. The van der Waals surface area contributed by atoms with Crippen LogP contribution in [-0.4, -0.2) is 29.6 Å². The summed E-state index contributed by atoms with van der Waals surface area (Å²) in [5.74, 6) is 0. The van der Waals surface area contributed by atoms with Gasteiger partial charge in [0, 0.05) is 12.2 Å². The van der Waals surface area contributed by atoms with Crippen molar-refractivity contribution < 1.29 is 13.6 Å². The van der Waals surface area contributed by atoms with Crippen LogP contribution < -0.4 is 4.87 Å². The van der Waals surface area contributed by atoms with Gasteiger partial charge in [0.1, 0.15) is 0 Å². The van der Waals surface area contributed by atoms with Crippen LogP contribution in [0.3, 0.4) is 0 Å². The summed E-state index contributed by atoms with van der Waals surface area (Å²) >= 11 is 0.564. The molecule has 1 heterocycles. The van der Waals surface area contributed by atoms with Crippen LogP contribution in [0.25, 0.3) is 0 Å². The Morgan fingerprint density at radius 2 is 2.14 bits per heavy atom. The van der Waals surface area contributed by atoms with Crippen molar-refractivity contribution in [2.45, 2.75) is 18.1 Å². The van der Waals surface area contributed by atoms with E-state index in [2.05, 4.69) is 4.98 Å². The number of hydrogen-bond acceptors (Lipinski definition) is 5. The van der Waals surface area contributed by atoms with Gasteiger partial charge < -0.3 is 4.98 Å². The molecule has 0 unspecified atom stereocenters. The SMILES string of the molecule is CCN(O)S(=O)(=O)c1sc(=O)[nH]c1C. The number of nitrogens with one attached hydrogen (secondary N) is 1. The minimum atomic E-state index is -3.92. The fourth-order valence-electron chi connectivity index (χ4n) is 0.902. The molecule has 0 bridgehead atoms. The van der Waals surface area contributed by atoms with E-state index < -0.39 is 14.9 Å². The highest BCUT2D eigenvalue weighted by molar-refractivity contribution is 7.91. The van der Waals surface area contributed by atoms with Gasteiger partial charge in [-0.05, 0) is 13.8 Å². The van der Waals surface area contributed by atoms with Crippen LogP contribution in [0.4, 0.5) is 0 Å². The second-order valence-corrected chi connectivity index (χ2v) is 5.59. The largest absolute Gasteiger partial charge is 0.315 e. The van der Waals surface area contributed by atoms with Crippen molar-refractivity contribution in [2.24, 2.45) is 0 Å². The Bertz CT molecular complexity index is 472. The fraction of sp³-hybridized carbons (Fsp3) is 0.500. The first kappa shape index (κ1) is 11.4. The van der Waals surface area contributed by atoms with Crippen molar-refractivity contribution in [3.63, 3.8) is 0 Å². The third kappa shape index (κ3) is 1.87. The topological polar surface area (TPSA) is 90.5 Å². The number of thiazole rings is 1. The van der Waals surface area contributed by atoms with Crippen LogP contribution >= 0.6 is 11.3 Å². The molecule has 1 aromatic heterocycles. The highest BCUT2D eigenvalue weighted by Crippen LogP contribution is 2.19. The van der Waals surface area contributed by atoms with Crippen LogP contribution in [-0.2, 0) is 10.0 Å². The van der Waals surface area contributed by atoms with Gasteiger partial charge in [-0.2, -0.15) is 0 Å². The molecule has 1 rings (SSSR count). The van der Waals surface area contributed by atoms with E-state index in [-0.39, 0.29) is 20.9 Å². The summed E-state index contributed by atoms with van der Waals surface area (Å²) in [7, 11) is -3.92. The second-order valence-electron chi connectivity index (χ2n) is 2.57. The smallest absolute Gasteiger partial charge is 0.305 e. The Kier molecular flexibility index (Phi) is 3.10. The monoisotopic (exact) mass is 238 g/mol. The first-order valence-corrected chi connectivity index (χ1v) is 6.06. The molecular formula is C6H10N2O4S2. The molecule has 1 aromatic rings. The quantitative estimate of drug-likeness (QED) is 0.733. The molecule has 8 heteroatoms. The molecule has 0 saturated heterocycles. The predicted octanol–water partition coefficient (Wildman–Crippen LogP) is 0.145. The van der Waals surface area contributed by atoms with Gasteiger partial charge in [-0.3, -0.25) is 10.0 Å². The fourth-order valence-corrected chi connectivity index (χ4v) is 3.35. The van der Waals surface area contributed by atoms with E-state index >= 15 is 0 Å². The standard InChI is InChI=1S/C6H10N2O4S2/c1-3-8(10)14(11,12)5-4(2)7-6(9)13-5/h10H,3H2,1-2H3,(H,7,9). The lowest BCUT2D eigenvalue weighted by Gasteiger charge is -2.10. The number of nitrogens with zero attached hydrogens (tertiary/aromatic N) is 1. The molecule has 0 aliphatic rings. The van der Waals surface area contributed by atoms with Crippen molar-refractivity contribution in [3.05, 3.63) is 15.4 Å². The molecule has 0 radical (unpaired) electrons. The molecular weight excluding hydrogens is 228 g/mol. The summed E-state index contributed by atoms with van der Waals surface area (Å²) in [6.45, 7) is 2.89. The van der Waals surface area contributed by atoms with Gasteiger partial charge in [0.15, 0.2) is 4.21 Å².